The Morgan fingerprint density at radius 3 is 2.53 bits per heavy atom. The highest BCUT2D eigenvalue weighted by Gasteiger charge is 2.16. The molecule has 5 aromatic rings. The first-order chi connectivity index (χ1) is 16.6. The summed E-state index contributed by atoms with van der Waals surface area (Å²) in [6.45, 7) is 2.10. The Bertz CT molecular complexity index is 1440. The zero-order valence-electron chi connectivity index (χ0n) is 18.5. The summed E-state index contributed by atoms with van der Waals surface area (Å²) >= 11 is 0. The average Bonchev–Trinajstić information content (AvgIpc) is 3.38. The normalized spacial score (nSPS) is 11.0. The van der Waals surface area contributed by atoms with Crippen LogP contribution in [0, 0.1) is 12.7 Å². The van der Waals surface area contributed by atoms with E-state index in [1.54, 1.807) is 22.9 Å². The lowest BCUT2D eigenvalue weighted by Gasteiger charge is -2.12. The smallest absolute Gasteiger partial charge is 0.245 e. The van der Waals surface area contributed by atoms with Crippen LogP contribution in [-0.4, -0.2) is 25.2 Å². The Kier molecular flexibility index (Phi) is 5.78. The molecule has 170 valence electrons. The van der Waals surface area contributed by atoms with Gasteiger partial charge in [-0.2, -0.15) is 5.10 Å². The van der Waals surface area contributed by atoms with Gasteiger partial charge in [0, 0.05) is 6.07 Å². The second-order valence-corrected chi connectivity index (χ2v) is 7.81. The SMILES string of the molecule is Cc1cc(NC(=O)Cn2c(COc3ccccc3)nc3ccccc32)n(-c2ccc(F)cc2)n1. The summed E-state index contributed by atoms with van der Waals surface area (Å²) in [5.74, 6) is 1.29. The van der Waals surface area contributed by atoms with Crippen LogP contribution in [0.25, 0.3) is 16.7 Å². The molecule has 0 aliphatic carbocycles. The lowest BCUT2D eigenvalue weighted by Crippen LogP contribution is -2.22. The number of amides is 1. The van der Waals surface area contributed by atoms with Gasteiger partial charge in [-0.3, -0.25) is 4.79 Å². The van der Waals surface area contributed by atoms with Crippen molar-refractivity contribution in [1.29, 1.82) is 0 Å². The standard InChI is InChI=1S/C26H22FN5O2/c1-18-15-24(32(30-18)20-13-11-19(27)12-14-20)29-26(33)16-31-23-10-6-5-9-22(23)28-25(31)17-34-21-7-3-2-4-8-21/h2-15H,16-17H2,1H3,(H,29,33). The Labute approximate surface area is 195 Å². The molecule has 0 aliphatic heterocycles. The van der Waals surface area contributed by atoms with Crippen LogP contribution in [0.3, 0.4) is 0 Å². The van der Waals surface area contributed by atoms with Crippen molar-refractivity contribution < 1.29 is 13.9 Å². The van der Waals surface area contributed by atoms with Gasteiger partial charge in [-0.1, -0.05) is 30.3 Å². The fraction of sp³-hybridized carbons (Fsp3) is 0.115. The molecular formula is C26H22FN5O2. The number of nitrogens with zero attached hydrogens (tertiary/aromatic N) is 4. The number of aryl methyl sites for hydroxylation is 1. The van der Waals surface area contributed by atoms with Crippen molar-refractivity contribution in [2.45, 2.75) is 20.1 Å². The molecule has 8 heteroatoms. The number of ether oxygens (including phenoxy) is 1. The number of anilines is 1. The number of aromatic nitrogens is 4. The van der Waals surface area contributed by atoms with E-state index in [0.29, 0.717) is 17.3 Å². The largest absolute Gasteiger partial charge is 0.486 e. The van der Waals surface area contributed by atoms with Gasteiger partial charge < -0.3 is 14.6 Å². The highest BCUT2D eigenvalue weighted by atomic mass is 19.1. The van der Waals surface area contributed by atoms with Crippen molar-refractivity contribution in [3.8, 4) is 11.4 Å². The van der Waals surface area contributed by atoms with Crippen molar-refractivity contribution in [3.05, 3.63) is 102 Å². The molecule has 34 heavy (non-hydrogen) atoms. The molecule has 0 aliphatic rings. The second-order valence-electron chi connectivity index (χ2n) is 7.81. The van der Waals surface area contributed by atoms with Crippen LogP contribution >= 0.6 is 0 Å². The van der Waals surface area contributed by atoms with Crippen molar-refractivity contribution >= 4 is 22.8 Å². The van der Waals surface area contributed by atoms with E-state index in [0.717, 1.165) is 22.5 Å². The summed E-state index contributed by atoms with van der Waals surface area (Å²) in [5, 5.41) is 7.36. The molecule has 2 heterocycles. The van der Waals surface area contributed by atoms with Crippen LogP contribution in [0.4, 0.5) is 10.2 Å². The van der Waals surface area contributed by atoms with E-state index in [9.17, 15) is 9.18 Å². The molecule has 0 atom stereocenters. The summed E-state index contributed by atoms with van der Waals surface area (Å²) in [6, 6.07) is 24.8. The highest BCUT2D eigenvalue weighted by Crippen LogP contribution is 2.20. The predicted molar refractivity (Wildman–Crippen MR) is 127 cm³/mol. The molecule has 2 aromatic heterocycles. The molecule has 0 unspecified atom stereocenters. The van der Waals surface area contributed by atoms with E-state index >= 15 is 0 Å². The topological polar surface area (TPSA) is 74.0 Å². The van der Waals surface area contributed by atoms with Gasteiger partial charge in [0.25, 0.3) is 0 Å². The van der Waals surface area contributed by atoms with Crippen molar-refractivity contribution in [1.82, 2.24) is 19.3 Å². The van der Waals surface area contributed by atoms with E-state index in [1.807, 2.05) is 66.1 Å². The van der Waals surface area contributed by atoms with E-state index in [1.165, 1.54) is 12.1 Å². The van der Waals surface area contributed by atoms with E-state index in [4.69, 9.17) is 4.74 Å². The minimum absolute atomic E-state index is 0.0433. The number of carbonyl (C=O) groups excluding carboxylic acids is 1. The first-order valence-corrected chi connectivity index (χ1v) is 10.8. The van der Waals surface area contributed by atoms with Gasteiger partial charge in [-0.05, 0) is 55.5 Å². The number of carbonyl (C=O) groups is 1. The molecule has 0 saturated heterocycles. The average molecular weight is 455 g/mol. The molecule has 5 rings (SSSR count). The summed E-state index contributed by atoms with van der Waals surface area (Å²) in [7, 11) is 0. The van der Waals surface area contributed by atoms with Gasteiger partial charge in [-0.25, -0.2) is 14.1 Å². The maximum absolute atomic E-state index is 13.3. The summed E-state index contributed by atoms with van der Waals surface area (Å²) in [6.07, 6.45) is 0. The lowest BCUT2D eigenvalue weighted by atomic mass is 10.3. The Hall–Kier alpha value is -4.46. The number of rotatable bonds is 7. The van der Waals surface area contributed by atoms with E-state index in [2.05, 4.69) is 15.4 Å². The zero-order valence-corrected chi connectivity index (χ0v) is 18.5. The minimum Gasteiger partial charge on any atom is -0.486 e. The molecule has 0 radical (unpaired) electrons. The van der Waals surface area contributed by atoms with Gasteiger partial charge in [0.2, 0.25) is 5.91 Å². The van der Waals surface area contributed by atoms with Crippen molar-refractivity contribution in [2.75, 3.05) is 5.32 Å². The third-order valence-electron chi connectivity index (χ3n) is 5.32. The number of halogens is 1. The predicted octanol–water partition coefficient (Wildman–Crippen LogP) is 4.89. The van der Waals surface area contributed by atoms with Crippen LogP contribution in [-0.2, 0) is 17.9 Å². The number of fused-ring (bicyclic) bond motifs is 1. The molecule has 1 N–H and O–H groups in total. The summed E-state index contributed by atoms with van der Waals surface area (Å²) in [4.78, 5) is 17.8. The highest BCUT2D eigenvalue weighted by molar-refractivity contribution is 5.91. The molecule has 3 aromatic carbocycles. The van der Waals surface area contributed by atoms with Gasteiger partial charge in [0.1, 0.15) is 36.4 Å². The summed E-state index contributed by atoms with van der Waals surface area (Å²) in [5.41, 5.74) is 3.00. The van der Waals surface area contributed by atoms with E-state index < -0.39 is 0 Å². The number of hydrogen-bond acceptors (Lipinski definition) is 4. The minimum atomic E-state index is -0.338. The third kappa shape index (κ3) is 4.52. The van der Waals surface area contributed by atoms with Crippen molar-refractivity contribution in [3.63, 3.8) is 0 Å². The zero-order chi connectivity index (χ0) is 23.5. The maximum Gasteiger partial charge on any atom is 0.245 e. The van der Waals surface area contributed by atoms with Crippen LogP contribution in [0.5, 0.6) is 5.75 Å². The van der Waals surface area contributed by atoms with Crippen LogP contribution in [0.1, 0.15) is 11.5 Å². The number of nitrogens with one attached hydrogen (secondary N) is 1. The van der Waals surface area contributed by atoms with Gasteiger partial charge >= 0.3 is 0 Å². The molecule has 7 nitrogen and oxygen atoms in total. The summed E-state index contributed by atoms with van der Waals surface area (Å²) < 4.78 is 22.7. The molecule has 1 amide bonds. The first kappa shape index (κ1) is 21.4. The number of benzene rings is 3. The third-order valence-corrected chi connectivity index (χ3v) is 5.32. The Balaban J connectivity index is 1.39. The monoisotopic (exact) mass is 455 g/mol. The second kappa shape index (κ2) is 9.19. The molecule has 0 fully saturated rings. The molecule has 0 saturated carbocycles. The molecule has 0 spiro atoms. The Morgan fingerprint density at radius 1 is 1.00 bits per heavy atom. The lowest BCUT2D eigenvalue weighted by molar-refractivity contribution is -0.116. The fourth-order valence-corrected chi connectivity index (χ4v) is 3.77. The van der Waals surface area contributed by atoms with Crippen LogP contribution in [0.2, 0.25) is 0 Å². The van der Waals surface area contributed by atoms with Crippen LogP contribution < -0.4 is 10.1 Å². The number of hydrogen-bond donors (Lipinski definition) is 1. The van der Waals surface area contributed by atoms with Crippen molar-refractivity contribution in [2.24, 2.45) is 0 Å². The number of para-hydroxylation sites is 3. The van der Waals surface area contributed by atoms with Gasteiger partial charge in [-0.15, -0.1) is 0 Å². The molecule has 0 bridgehead atoms. The van der Waals surface area contributed by atoms with Gasteiger partial charge in [0.05, 0.1) is 22.4 Å². The maximum atomic E-state index is 13.3. The van der Waals surface area contributed by atoms with Crippen LogP contribution in [0.15, 0.2) is 84.9 Å². The van der Waals surface area contributed by atoms with E-state index in [-0.39, 0.29) is 24.9 Å². The fourth-order valence-electron chi connectivity index (χ4n) is 3.77. The Morgan fingerprint density at radius 2 is 1.74 bits per heavy atom. The quantitative estimate of drug-likeness (QED) is 0.379. The first-order valence-electron chi connectivity index (χ1n) is 10.8. The molecular weight excluding hydrogens is 433 g/mol. The van der Waals surface area contributed by atoms with Gasteiger partial charge in [0.15, 0.2) is 0 Å². The number of imidazole rings is 1.